The molecule has 0 bridgehead atoms. The van der Waals surface area contributed by atoms with E-state index >= 15 is 0 Å². The SMILES string of the molecule is CC(=O)O[C@H]1CC[C@@]2(C)C(=CC[C@H]3[C@@H]4C[C@@H](OC(C)=O)[C@H](C(C)=O)[C@@]4(C)CC[C@@H]32)C1.CC(=O)O[C@H]1CC[C@@]2(C)C(=CC[C@H]3[C@@H]4C[C@@H](OC(C)=O)[C@H](C(C)=O)[C@@]4(C)CC[C@@H]32)C1. The highest BCUT2D eigenvalue weighted by Gasteiger charge is 2.65. The number of hydrogen-bond acceptors (Lipinski definition) is 10. The van der Waals surface area contributed by atoms with Crippen LogP contribution in [0.4, 0.5) is 0 Å². The van der Waals surface area contributed by atoms with Crippen LogP contribution in [-0.4, -0.2) is 59.9 Å². The third-order valence-electron chi connectivity index (χ3n) is 18.3. The summed E-state index contributed by atoms with van der Waals surface area (Å²) in [6.45, 7) is 18.6. The van der Waals surface area contributed by atoms with Gasteiger partial charge in [0.25, 0.3) is 0 Å². The minimum Gasteiger partial charge on any atom is -0.462 e. The van der Waals surface area contributed by atoms with Crippen LogP contribution in [0.2, 0.25) is 0 Å². The molecule has 60 heavy (non-hydrogen) atoms. The van der Waals surface area contributed by atoms with Crippen LogP contribution in [0, 0.1) is 69.0 Å². The summed E-state index contributed by atoms with van der Waals surface area (Å²) in [4.78, 5) is 71.6. The first-order valence-electron chi connectivity index (χ1n) is 23.2. The van der Waals surface area contributed by atoms with Crippen molar-refractivity contribution in [3.8, 4) is 0 Å². The number of Topliss-reactive ketones (excluding diaryl/α,β-unsaturated/α-hetero) is 2. The lowest BCUT2D eigenvalue weighted by Crippen LogP contribution is -2.51. The second-order valence-corrected chi connectivity index (χ2v) is 21.5. The van der Waals surface area contributed by atoms with Crippen LogP contribution in [0.15, 0.2) is 23.3 Å². The molecule has 0 aliphatic heterocycles. The van der Waals surface area contributed by atoms with Crippen molar-refractivity contribution >= 4 is 35.4 Å². The second kappa shape index (κ2) is 16.4. The van der Waals surface area contributed by atoms with Gasteiger partial charge in [-0.15, -0.1) is 0 Å². The molecule has 0 aromatic carbocycles. The molecule has 16 atom stereocenters. The maximum absolute atomic E-state index is 12.6. The number of hydrogen-bond donors (Lipinski definition) is 0. The first kappa shape index (κ1) is 44.7. The van der Waals surface area contributed by atoms with Gasteiger partial charge in [0.1, 0.15) is 36.0 Å². The summed E-state index contributed by atoms with van der Waals surface area (Å²) in [6, 6.07) is 0. The third-order valence-corrected chi connectivity index (χ3v) is 18.3. The van der Waals surface area contributed by atoms with Gasteiger partial charge in [0.15, 0.2) is 0 Å². The van der Waals surface area contributed by atoms with Gasteiger partial charge in [-0.3, -0.25) is 28.8 Å². The predicted octanol–water partition coefficient (Wildman–Crippen LogP) is 9.26. The summed E-state index contributed by atoms with van der Waals surface area (Å²) in [5, 5.41) is 0. The molecule has 8 aliphatic carbocycles. The second-order valence-electron chi connectivity index (χ2n) is 21.5. The van der Waals surface area contributed by atoms with Crippen molar-refractivity contribution in [1.82, 2.24) is 0 Å². The quantitative estimate of drug-likeness (QED) is 0.145. The Balaban J connectivity index is 0.000000181. The Labute approximate surface area is 358 Å². The molecule has 0 spiro atoms. The maximum Gasteiger partial charge on any atom is 0.302 e. The normalized spacial score (nSPS) is 44.8. The Morgan fingerprint density at radius 1 is 0.483 bits per heavy atom. The standard InChI is InChI=1S/2C25H36O5/c2*1-14(26)23-22(30-16(3)28)13-21-19-7-6-17-12-18(29-15(2)27)8-10-24(17,4)20(19)9-11-25(21,23)5/h2*6,18-23H,7-13H2,1-5H3/t2*18-,19+,20-,21-,22+,23-,24-,25-/m00/s1. The van der Waals surface area contributed by atoms with Crippen LogP contribution in [0.5, 0.6) is 0 Å². The summed E-state index contributed by atoms with van der Waals surface area (Å²) in [7, 11) is 0. The van der Waals surface area contributed by atoms with Crippen molar-refractivity contribution in [2.45, 2.75) is 184 Å². The molecule has 0 aromatic heterocycles. The average Bonchev–Trinajstić information content (AvgIpc) is 3.60. The molecule has 6 fully saturated rings. The van der Waals surface area contributed by atoms with Gasteiger partial charge in [-0.05, 0) is 148 Å². The minimum atomic E-state index is -0.286. The van der Waals surface area contributed by atoms with E-state index in [0.717, 1.165) is 89.9 Å². The van der Waals surface area contributed by atoms with Gasteiger partial charge in [0, 0.05) is 40.5 Å². The summed E-state index contributed by atoms with van der Waals surface area (Å²) in [6.07, 6.45) is 17.8. The number of fused-ring (bicyclic) bond motifs is 10. The third kappa shape index (κ3) is 7.75. The zero-order valence-corrected chi connectivity index (χ0v) is 38.1. The van der Waals surface area contributed by atoms with E-state index in [0.29, 0.717) is 35.5 Å². The van der Waals surface area contributed by atoms with Crippen LogP contribution < -0.4 is 0 Å². The molecule has 10 nitrogen and oxygen atoms in total. The van der Waals surface area contributed by atoms with E-state index in [-0.39, 0.29) is 93.4 Å². The largest absolute Gasteiger partial charge is 0.462 e. The molecule has 0 radical (unpaired) electrons. The van der Waals surface area contributed by atoms with E-state index in [2.05, 4.69) is 39.8 Å². The Morgan fingerprint density at radius 3 is 1.15 bits per heavy atom. The smallest absolute Gasteiger partial charge is 0.302 e. The van der Waals surface area contributed by atoms with E-state index in [4.69, 9.17) is 18.9 Å². The molecular formula is C50H72O10. The lowest BCUT2D eigenvalue weighted by Gasteiger charge is -2.57. The van der Waals surface area contributed by atoms with Crippen LogP contribution in [0.25, 0.3) is 0 Å². The molecule has 0 aromatic rings. The predicted molar refractivity (Wildman–Crippen MR) is 225 cm³/mol. The van der Waals surface area contributed by atoms with Crippen molar-refractivity contribution in [2.24, 2.45) is 69.0 Å². The fourth-order valence-electron chi connectivity index (χ4n) is 16.0. The summed E-state index contributed by atoms with van der Waals surface area (Å²) >= 11 is 0. The highest BCUT2D eigenvalue weighted by atomic mass is 16.6. The van der Waals surface area contributed by atoms with Crippen LogP contribution in [0.3, 0.4) is 0 Å². The number of ether oxygens (including phenoxy) is 4. The van der Waals surface area contributed by atoms with E-state index in [9.17, 15) is 28.8 Å². The topological polar surface area (TPSA) is 139 Å². The molecule has 6 saturated carbocycles. The van der Waals surface area contributed by atoms with E-state index in [1.54, 1.807) is 13.8 Å². The molecule has 10 heteroatoms. The first-order valence-corrected chi connectivity index (χ1v) is 23.2. The number of carbonyl (C=O) groups is 6. The van der Waals surface area contributed by atoms with Crippen LogP contribution in [-0.2, 0) is 47.7 Å². The zero-order chi connectivity index (χ0) is 43.7. The Kier molecular flexibility index (Phi) is 12.3. The highest BCUT2D eigenvalue weighted by molar-refractivity contribution is 5.81. The number of esters is 4. The van der Waals surface area contributed by atoms with Crippen molar-refractivity contribution in [2.75, 3.05) is 0 Å². The Hall–Kier alpha value is -3.30. The minimum absolute atomic E-state index is 0.00847. The number of allylic oxidation sites excluding steroid dienone is 2. The van der Waals surface area contributed by atoms with Gasteiger partial charge in [-0.2, -0.15) is 0 Å². The summed E-state index contributed by atoms with van der Waals surface area (Å²) in [5.41, 5.74) is 3.02. The van der Waals surface area contributed by atoms with Crippen LogP contribution in [0.1, 0.15) is 159 Å². The molecule has 0 saturated heterocycles. The van der Waals surface area contributed by atoms with E-state index in [1.165, 1.54) is 38.8 Å². The van der Waals surface area contributed by atoms with Gasteiger partial charge in [0.2, 0.25) is 0 Å². The van der Waals surface area contributed by atoms with Crippen molar-refractivity contribution in [3.63, 3.8) is 0 Å². The van der Waals surface area contributed by atoms with Gasteiger partial charge in [-0.25, -0.2) is 0 Å². The number of ketones is 2. The van der Waals surface area contributed by atoms with Crippen molar-refractivity contribution in [1.29, 1.82) is 0 Å². The first-order chi connectivity index (χ1) is 28.1. The monoisotopic (exact) mass is 833 g/mol. The van der Waals surface area contributed by atoms with E-state index in [1.807, 2.05) is 0 Å². The molecule has 0 unspecified atom stereocenters. The highest BCUT2D eigenvalue weighted by Crippen LogP contribution is 2.68. The number of carbonyl (C=O) groups excluding carboxylic acids is 6. The lowest BCUT2D eigenvalue weighted by atomic mass is 9.47. The molecule has 0 N–H and O–H groups in total. The van der Waals surface area contributed by atoms with Gasteiger partial charge in [-0.1, -0.05) is 51.0 Å². The average molecular weight is 833 g/mol. The molecule has 0 heterocycles. The molecule has 8 rings (SSSR count). The molecule has 8 aliphatic rings. The van der Waals surface area contributed by atoms with E-state index < -0.39 is 0 Å². The fraction of sp³-hybridized carbons (Fsp3) is 0.800. The lowest BCUT2D eigenvalue weighted by molar-refractivity contribution is -0.153. The van der Waals surface area contributed by atoms with Gasteiger partial charge >= 0.3 is 23.9 Å². The zero-order valence-electron chi connectivity index (χ0n) is 38.1. The van der Waals surface area contributed by atoms with Crippen molar-refractivity contribution < 1.29 is 47.7 Å². The Bertz CT molecular complexity index is 1700. The summed E-state index contributed by atoms with van der Waals surface area (Å²) in [5.74, 6) is 1.98. The molecular weight excluding hydrogens is 761 g/mol. The maximum atomic E-state index is 12.6. The van der Waals surface area contributed by atoms with Gasteiger partial charge < -0.3 is 18.9 Å². The summed E-state index contributed by atoms with van der Waals surface area (Å²) < 4.78 is 22.4. The Morgan fingerprint density at radius 2 is 0.833 bits per heavy atom. The van der Waals surface area contributed by atoms with Gasteiger partial charge in [0.05, 0.1) is 11.8 Å². The van der Waals surface area contributed by atoms with Crippen molar-refractivity contribution in [3.05, 3.63) is 23.3 Å². The molecule has 0 amide bonds. The number of rotatable bonds is 6. The molecule has 332 valence electrons. The fourth-order valence-corrected chi connectivity index (χ4v) is 16.0. The van der Waals surface area contributed by atoms with Crippen LogP contribution >= 0.6 is 0 Å².